The molecule has 2 aliphatic rings. The summed E-state index contributed by atoms with van der Waals surface area (Å²) in [7, 11) is 0. The molecular formula is C15H25NO3. The lowest BCUT2D eigenvalue weighted by molar-refractivity contribution is -0.158. The first kappa shape index (κ1) is 14.4. The molecule has 19 heavy (non-hydrogen) atoms. The van der Waals surface area contributed by atoms with Gasteiger partial charge in [0.1, 0.15) is 12.1 Å². The van der Waals surface area contributed by atoms with E-state index in [1.54, 1.807) is 0 Å². The highest BCUT2D eigenvalue weighted by atomic mass is 16.5. The molecule has 4 atom stereocenters. The number of carbonyl (C=O) groups is 2. The Kier molecular flexibility index (Phi) is 4.48. The second-order valence-electron chi connectivity index (χ2n) is 6.46. The van der Waals surface area contributed by atoms with Crippen LogP contribution in [0.1, 0.15) is 52.9 Å². The predicted octanol–water partition coefficient (Wildman–Crippen LogP) is 2.27. The topological polar surface area (TPSA) is 55.4 Å². The molecule has 4 nitrogen and oxygen atoms in total. The number of rotatable bonds is 3. The summed E-state index contributed by atoms with van der Waals surface area (Å²) in [5.74, 6) is 1.32. The highest BCUT2D eigenvalue weighted by Crippen LogP contribution is 2.35. The molecule has 108 valence electrons. The molecule has 1 aliphatic heterocycles. The van der Waals surface area contributed by atoms with Crippen molar-refractivity contribution in [1.29, 1.82) is 0 Å². The van der Waals surface area contributed by atoms with Crippen LogP contribution in [0.25, 0.3) is 0 Å². The molecule has 0 spiro atoms. The molecule has 2 rings (SSSR count). The average molecular weight is 267 g/mol. The fourth-order valence-corrected chi connectivity index (χ4v) is 3.27. The van der Waals surface area contributed by atoms with Gasteiger partial charge in [-0.3, -0.25) is 4.79 Å². The fraction of sp³-hybridized carbons (Fsp3) is 0.867. The van der Waals surface area contributed by atoms with E-state index in [1.807, 2.05) is 0 Å². The van der Waals surface area contributed by atoms with Gasteiger partial charge in [-0.1, -0.05) is 27.2 Å². The minimum absolute atomic E-state index is 0.0220. The maximum atomic E-state index is 12.1. The van der Waals surface area contributed by atoms with Crippen molar-refractivity contribution in [2.24, 2.45) is 17.8 Å². The number of nitrogens with one attached hydrogen (secondary N) is 1. The summed E-state index contributed by atoms with van der Waals surface area (Å²) < 4.78 is 5.71. The van der Waals surface area contributed by atoms with Gasteiger partial charge in [-0.15, -0.1) is 0 Å². The summed E-state index contributed by atoms with van der Waals surface area (Å²) in [5.41, 5.74) is 0. The van der Waals surface area contributed by atoms with Crippen LogP contribution < -0.4 is 5.32 Å². The second-order valence-corrected chi connectivity index (χ2v) is 6.46. The zero-order valence-corrected chi connectivity index (χ0v) is 12.1. The number of ether oxygens (including phenoxy) is 1. The molecule has 0 aromatic heterocycles. The summed E-state index contributed by atoms with van der Waals surface area (Å²) in [5, 5.41) is 2.69. The Labute approximate surface area is 115 Å². The van der Waals surface area contributed by atoms with Crippen molar-refractivity contribution in [3.05, 3.63) is 0 Å². The standard InChI is InChI=1S/C15H25NO3/c1-9(2)11-5-4-10(3)8-13(11)19-15(18)12-6-7-14(17)16-12/h9-13H,4-8H2,1-3H3,(H,16,17)/t10-,11+,12?,13-/m0/s1. The Morgan fingerprint density at radius 3 is 2.63 bits per heavy atom. The normalized spacial score (nSPS) is 35.3. The first-order chi connectivity index (χ1) is 8.97. The van der Waals surface area contributed by atoms with E-state index >= 15 is 0 Å². The Hall–Kier alpha value is -1.06. The fourth-order valence-electron chi connectivity index (χ4n) is 3.27. The molecule has 1 saturated heterocycles. The van der Waals surface area contributed by atoms with Crippen molar-refractivity contribution in [3.63, 3.8) is 0 Å². The van der Waals surface area contributed by atoms with Crippen molar-refractivity contribution in [2.75, 3.05) is 0 Å². The molecule has 1 N–H and O–H groups in total. The third-order valence-corrected chi connectivity index (χ3v) is 4.51. The Bertz CT molecular complexity index is 353. The molecule has 2 fully saturated rings. The lowest BCUT2D eigenvalue weighted by atomic mass is 9.75. The molecular weight excluding hydrogens is 242 g/mol. The zero-order chi connectivity index (χ0) is 14.0. The van der Waals surface area contributed by atoms with Gasteiger partial charge in [0.15, 0.2) is 0 Å². The van der Waals surface area contributed by atoms with Crippen LogP contribution in [0.4, 0.5) is 0 Å². The van der Waals surface area contributed by atoms with Crippen LogP contribution in [0.15, 0.2) is 0 Å². The van der Waals surface area contributed by atoms with E-state index < -0.39 is 6.04 Å². The number of amides is 1. The van der Waals surface area contributed by atoms with Gasteiger partial charge < -0.3 is 10.1 Å². The van der Waals surface area contributed by atoms with E-state index in [-0.39, 0.29) is 18.0 Å². The Morgan fingerprint density at radius 2 is 2.05 bits per heavy atom. The first-order valence-corrected chi connectivity index (χ1v) is 7.47. The molecule has 1 saturated carbocycles. The van der Waals surface area contributed by atoms with Crippen molar-refractivity contribution >= 4 is 11.9 Å². The maximum Gasteiger partial charge on any atom is 0.328 e. The van der Waals surface area contributed by atoms with Gasteiger partial charge >= 0.3 is 5.97 Å². The third-order valence-electron chi connectivity index (χ3n) is 4.51. The molecule has 1 unspecified atom stereocenters. The second kappa shape index (κ2) is 5.93. The van der Waals surface area contributed by atoms with E-state index in [9.17, 15) is 9.59 Å². The van der Waals surface area contributed by atoms with Gasteiger partial charge in [-0.2, -0.15) is 0 Å². The minimum Gasteiger partial charge on any atom is -0.461 e. The van der Waals surface area contributed by atoms with Gasteiger partial charge in [0.25, 0.3) is 0 Å². The van der Waals surface area contributed by atoms with Crippen LogP contribution in [-0.4, -0.2) is 24.0 Å². The van der Waals surface area contributed by atoms with Crippen molar-refractivity contribution in [1.82, 2.24) is 5.32 Å². The molecule has 0 bridgehead atoms. The number of hydrogen-bond donors (Lipinski definition) is 1. The molecule has 1 amide bonds. The van der Waals surface area contributed by atoms with Crippen LogP contribution in [0.3, 0.4) is 0 Å². The van der Waals surface area contributed by atoms with Crippen LogP contribution in [-0.2, 0) is 14.3 Å². The van der Waals surface area contributed by atoms with E-state index in [2.05, 4.69) is 26.1 Å². The zero-order valence-electron chi connectivity index (χ0n) is 12.1. The molecule has 0 radical (unpaired) electrons. The maximum absolute atomic E-state index is 12.1. The summed E-state index contributed by atoms with van der Waals surface area (Å²) in [6.45, 7) is 6.60. The molecule has 1 aliphatic carbocycles. The summed E-state index contributed by atoms with van der Waals surface area (Å²) in [6, 6.07) is -0.419. The number of hydrogen-bond acceptors (Lipinski definition) is 3. The number of carbonyl (C=O) groups excluding carboxylic acids is 2. The first-order valence-electron chi connectivity index (χ1n) is 7.47. The van der Waals surface area contributed by atoms with Crippen LogP contribution >= 0.6 is 0 Å². The molecule has 0 aromatic rings. The van der Waals surface area contributed by atoms with Gasteiger partial charge in [0.05, 0.1) is 0 Å². The lowest BCUT2D eigenvalue weighted by Crippen LogP contribution is -2.41. The largest absolute Gasteiger partial charge is 0.461 e. The van der Waals surface area contributed by atoms with Crippen LogP contribution in [0.5, 0.6) is 0 Å². The monoisotopic (exact) mass is 267 g/mol. The molecule has 1 heterocycles. The number of esters is 1. The quantitative estimate of drug-likeness (QED) is 0.798. The van der Waals surface area contributed by atoms with Gasteiger partial charge in [-0.05, 0) is 37.0 Å². The van der Waals surface area contributed by atoms with Crippen LogP contribution in [0, 0.1) is 17.8 Å². The van der Waals surface area contributed by atoms with E-state index in [0.29, 0.717) is 30.6 Å². The molecule has 0 aromatic carbocycles. The van der Waals surface area contributed by atoms with Crippen LogP contribution in [0.2, 0.25) is 0 Å². The summed E-state index contributed by atoms with van der Waals surface area (Å²) >= 11 is 0. The third kappa shape index (κ3) is 3.48. The van der Waals surface area contributed by atoms with E-state index in [0.717, 1.165) is 12.8 Å². The Morgan fingerprint density at radius 1 is 1.32 bits per heavy atom. The highest BCUT2D eigenvalue weighted by molar-refractivity contribution is 5.88. The Balaban J connectivity index is 1.94. The highest BCUT2D eigenvalue weighted by Gasteiger charge is 2.36. The predicted molar refractivity (Wildman–Crippen MR) is 72.4 cm³/mol. The van der Waals surface area contributed by atoms with E-state index in [4.69, 9.17) is 4.74 Å². The average Bonchev–Trinajstić information content (AvgIpc) is 2.75. The smallest absolute Gasteiger partial charge is 0.328 e. The summed E-state index contributed by atoms with van der Waals surface area (Å²) in [6.07, 6.45) is 4.34. The minimum atomic E-state index is -0.419. The lowest BCUT2D eigenvalue weighted by Gasteiger charge is -2.37. The van der Waals surface area contributed by atoms with Crippen molar-refractivity contribution in [3.8, 4) is 0 Å². The SMILES string of the molecule is CC(C)[C@H]1CC[C@H](C)C[C@@H]1OC(=O)C1CCC(=O)N1. The van der Waals surface area contributed by atoms with Gasteiger partial charge in [-0.25, -0.2) is 4.79 Å². The van der Waals surface area contributed by atoms with Crippen molar-refractivity contribution < 1.29 is 14.3 Å². The summed E-state index contributed by atoms with van der Waals surface area (Å²) in [4.78, 5) is 23.3. The van der Waals surface area contributed by atoms with Gasteiger partial charge in [0, 0.05) is 6.42 Å². The van der Waals surface area contributed by atoms with Gasteiger partial charge in [0.2, 0.25) is 5.91 Å². The van der Waals surface area contributed by atoms with E-state index in [1.165, 1.54) is 6.42 Å². The van der Waals surface area contributed by atoms with Crippen molar-refractivity contribution in [2.45, 2.75) is 65.0 Å². The molecule has 4 heteroatoms.